The summed E-state index contributed by atoms with van der Waals surface area (Å²) in [6.07, 6.45) is 0. The minimum atomic E-state index is -0.841. The van der Waals surface area contributed by atoms with E-state index >= 15 is 0 Å². The number of nitro benzene ring substituents is 1. The first-order valence-electron chi connectivity index (χ1n) is 10.4. The third-order valence-corrected chi connectivity index (χ3v) is 5.65. The molecule has 0 saturated heterocycles. The smallest absolute Gasteiger partial charge is 0.338 e. The molecular weight excluding hydrogens is 454 g/mol. The van der Waals surface area contributed by atoms with Crippen LogP contribution in [0.25, 0.3) is 0 Å². The lowest BCUT2D eigenvalue weighted by molar-refractivity contribution is -0.385. The molecule has 4 rings (SSSR count). The van der Waals surface area contributed by atoms with Gasteiger partial charge in [0.25, 0.3) is 17.5 Å². The van der Waals surface area contributed by atoms with E-state index in [0.29, 0.717) is 5.69 Å². The van der Waals surface area contributed by atoms with E-state index in [-0.39, 0.29) is 27.8 Å². The van der Waals surface area contributed by atoms with Crippen molar-refractivity contribution in [2.24, 2.45) is 5.73 Å². The van der Waals surface area contributed by atoms with Gasteiger partial charge in [-0.2, -0.15) is 0 Å². The topological polar surface area (TPSA) is 150 Å². The van der Waals surface area contributed by atoms with Crippen molar-refractivity contribution in [2.75, 3.05) is 4.90 Å². The number of imide groups is 1. The second-order valence-corrected chi connectivity index (χ2v) is 8.04. The van der Waals surface area contributed by atoms with Gasteiger partial charge in [0.2, 0.25) is 5.91 Å². The summed E-state index contributed by atoms with van der Waals surface area (Å²) in [5.41, 5.74) is 7.04. The second-order valence-electron chi connectivity index (χ2n) is 8.04. The predicted molar refractivity (Wildman–Crippen MR) is 124 cm³/mol. The number of hydrogen-bond donors (Lipinski definition) is 1. The van der Waals surface area contributed by atoms with Crippen molar-refractivity contribution in [1.82, 2.24) is 0 Å². The van der Waals surface area contributed by atoms with Crippen molar-refractivity contribution in [3.63, 3.8) is 0 Å². The average Bonchev–Trinajstić information content (AvgIpc) is 3.08. The van der Waals surface area contributed by atoms with Gasteiger partial charge in [0.15, 0.2) is 0 Å². The van der Waals surface area contributed by atoms with Crippen LogP contribution in [-0.2, 0) is 11.3 Å². The number of benzene rings is 3. The number of carbonyl (C=O) groups excluding carboxylic acids is 4. The number of aryl methyl sites for hydroxylation is 2. The molecule has 3 amide bonds. The molecule has 0 unspecified atom stereocenters. The number of fused-ring (bicyclic) bond motifs is 1. The number of anilines is 1. The summed E-state index contributed by atoms with van der Waals surface area (Å²) in [5.74, 6) is -2.73. The fourth-order valence-electron chi connectivity index (χ4n) is 3.78. The molecule has 0 fully saturated rings. The van der Waals surface area contributed by atoms with Crippen molar-refractivity contribution in [2.45, 2.75) is 20.5 Å². The molecule has 0 aromatic heterocycles. The van der Waals surface area contributed by atoms with Crippen LogP contribution in [0.3, 0.4) is 0 Å². The van der Waals surface area contributed by atoms with E-state index in [1.54, 1.807) is 13.0 Å². The summed E-state index contributed by atoms with van der Waals surface area (Å²) >= 11 is 0. The molecule has 0 atom stereocenters. The van der Waals surface area contributed by atoms with E-state index in [2.05, 4.69) is 0 Å². The van der Waals surface area contributed by atoms with E-state index in [9.17, 15) is 29.3 Å². The van der Waals surface area contributed by atoms with Gasteiger partial charge in [-0.05, 0) is 61.4 Å². The standard InChI is InChI=1S/C25H19N3O7/c1-13-3-4-14(2)20(9-13)27-23(30)18-8-7-16(10-19(18)24(27)31)25(32)35-12-17-6-5-15(22(26)29)11-21(17)28(33)34/h3-11H,12H2,1-2H3,(H2,26,29). The molecule has 10 nitrogen and oxygen atoms in total. The van der Waals surface area contributed by atoms with Crippen molar-refractivity contribution >= 4 is 35.1 Å². The van der Waals surface area contributed by atoms with Gasteiger partial charge in [-0.1, -0.05) is 12.1 Å². The average molecular weight is 473 g/mol. The molecule has 0 saturated carbocycles. The van der Waals surface area contributed by atoms with Crippen LogP contribution in [0.5, 0.6) is 0 Å². The van der Waals surface area contributed by atoms with Crippen LogP contribution < -0.4 is 10.6 Å². The number of esters is 1. The van der Waals surface area contributed by atoms with E-state index < -0.39 is 40.9 Å². The van der Waals surface area contributed by atoms with Crippen molar-refractivity contribution in [3.8, 4) is 0 Å². The van der Waals surface area contributed by atoms with Crippen LogP contribution >= 0.6 is 0 Å². The normalized spacial score (nSPS) is 12.5. The summed E-state index contributed by atoms with van der Waals surface area (Å²) in [6.45, 7) is 3.18. The van der Waals surface area contributed by atoms with E-state index in [4.69, 9.17) is 10.5 Å². The Labute approximate surface area is 199 Å². The van der Waals surface area contributed by atoms with Crippen LogP contribution in [0.15, 0.2) is 54.6 Å². The zero-order valence-electron chi connectivity index (χ0n) is 18.7. The van der Waals surface area contributed by atoms with Crippen LogP contribution in [0, 0.1) is 24.0 Å². The highest BCUT2D eigenvalue weighted by Crippen LogP contribution is 2.32. The van der Waals surface area contributed by atoms with Crippen LogP contribution in [0.1, 0.15) is 58.1 Å². The molecule has 2 N–H and O–H groups in total. The van der Waals surface area contributed by atoms with Gasteiger partial charge in [-0.3, -0.25) is 24.5 Å². The van der Waals surface area contributed by atoms with Crippen LogP contribution in [0.4, 0.5) is 11.4 Å². The van der Waals surface area contributed by atoms with Gasteiger partial charge in [0.1, 0.15) is 6.61 Å². The highest BCUT2D eigenvalue weighted by Gasteiger charge is 2.38. The molecule has 0 aliphatic carbocycles. The number of nitrogens with two attached hydrogens (primary N) is 1. The minimum Gasteiger partial charge on any atom is -0.457 e. The Hall–Kier alpha value is -4.86. The quantitative estimate of drug-likeness (QED) is 0.249. The summed E-state index contributed by atoms with van der Waals surface area (Å²) < 4.78 is 5.20. The molecule has 3 aromatic rings. The highest BCUT2D eigenvalue weighted by atomic mass is 16.6. The van der Waals surface area contributed by atoms with Crippen LogP contribution in [-0.4, -0.2) is 28.6 Å². The monoisotopic (exact) mass is 473 g/mol. The molecule has 0 radical (unpaired) electrons. The van der Waals surface area contributed by atoms with E-state index in [1.165, 1.54) is 30.3 Å². The molecule has 1 aliphatic rings. The third-order valence-electron chi connectivity index (χ3n) is 5.65. The Bertz CT molecular complexity index is 1440. The minimum absolute atomic E-state index is 0.00382. The lowest BCUT2D eigenvalue weighted by atomic mass is 10.1. The Balaban J connectivity index is 1.57. The van der Waals surface area contributed by atoms with Gasteiger partial charge in [0, 0.05) is 11.6 Å². The van der Waals surface area contributed by atoms with Crippen LogP contribution in [0.2, 0.25) is 0 Å². The molecular formula is C25H19N3O7. The highest BCUT2D eigenvalue weighted by molar-refractivity contribution is 6.35. The Kier molecular flexibility index (Phi) is 5.87. The summed E-state index contributed by atoms with van der Waals surface area (Å²) in [6, 6.07) is 13.0. The van der Waals surface area contributed by atoms with Crippen molar-refractivity contribution in [1.29, 1.82) is 0 Å². The SMILES string of the molecule is Cc1ccc(C)c(N2C(=O)c3ccc(C(=O)OCc4ccc(C(N)=O)cc4[N+](=O)[O-])cc3C2=O)c1. The summed E-state index contributed by atoms with van der Waals surface area (Å²) in [4.78, 5) is 61.6. The van der Waals surface area contributed by atoms with Gasteiger partial charge in [-0.25, -0.2) is 9.69 Å². The Morgan fingerprint density at radius 1 is 0.943 bits per heavy atom. The maximum absolute atomic E-state index is 13.1. The zero-order chi connectivity index (χ0) is 25.4. The number of nitrogens with zero attached hydrogens (tertiary/aromatic N) is 2. The number of hydrogen-bond acceptors (Lipinski definition) is 7. The molecule has 1 aliphatic heterocycles. The molecule has 35 heavy (non-hydrogen) atoms. The molecule has 0 bridgehead atoms. The largest absolute Gasteiger partial charge is 0.457 e. The van der Waals surface area contributed by atoms with Gasteiger partial charge in [0.05, 0.1) is 32.9 Å². The number of primary amides is 1. The first-order chi connectivity index (χ1) is 16.6. The van der Waals surface area contributed by atoms with E-state index in [0.717, 1.165) is 22.1 Å². The molecule has 10 heteroatoms. The third kappa shape index (κ3) is 4.24. The number of amides is 3. The molecule has 3 aromatic carbocycles. The van der Waals surface area contributed by atoms with Gasteiger partial charge in [-0.15, -0.1) is 0 Å². The van der Waals surface area contributed by atoms with E-state index in [1.807, 2.05) is 19.1 Å². The molecule has 0 spiro atoms. The predicted octanol–water partition coefficient (Wildman–Crippen LogP) is 3.47. The first-order valence-corrected chi connectivity index (χ1v) is 10.4. The Morgan fingerprint density at radius 2 is 1.63 bits per heavy atom. The zero-order valence-corrected chi connectivity index (χ0v) is 18.7. The van der Waals surface area contributed by atoms with Gasteiger partial charge < -0.3 is 10.5 Å². The maximum Gasteiger partial charge on any atom is 0.338 e. The van der Waals surface area contributed by atoms with Crippen molar-refractivity contribution < 1.29 is 28.8 Å². The molecule has 1 heterocycles. The lowest BCUT2D eigenvalue weighted by Crippen LogP contribution is -2.30. The second kappa shape index (κ2) is 8.82. The number of ether oxygens (including phenoxy) is 1. The summed E-state index contributed by atoms with van der Waals surface area (Å²) in [7, 11) is 0. The Morgan fingerprint density at radius 3 is 2.31 bits per heavy atom. The number of rotatable bonds is 6. The first kappa shape index (κ1) is 23.3. The summed E-state index contributed by atoms with van der Waals surface area (Å²) in [5, 5.41) is 11.3. The lowest BCUT2D eigenvalue weighted by Gasteiger charge is -2.17. The fourth-order valence-corrected chi connectivity index (χ4v) is 3.78. The maximum atomic E-state index is 13.1. The number of nitro groups is 1. The van der Waals surface area contributed by atoms with Crippen molar-refractivity contribution in [3.05, 3.63) is 104 Å². The fraction of sp³-hybridized carbons (Fsp3) is 0.120. The number of carbonyl (C=O) groups is 4. The van der Waals surface area contributed by atoms with Gasteiger partial charge >= 0.3 is 5.97 Å². The molecule has 176 valence electrons.